The van der Waals surface area contributed by atoms with Crippen molar-refractivity contribution in [2.45, 2.75) is 89.6 Å². The van der Waals surface area contributed by atoms with Gasteiger partial charge in [-0.1, -0.05) is 39.0 Å². The van der Waals surface area contributed by atoms with Gasteiger partial charge in [-0.15, -0.1) is 0 Å². The smallest absolute Gasteiger partial charge is 0.410 e. The van der Waals surface area contributed by atoms with Crippen LogP contribution < -0.4 is 10.9 Å². The van der Waals surface area contributed by atoms with Crippen molar-refractivity contribution in [2.24, 2.45) is 5.92 Å². The van der Waals surface area contributed by atoms with Crippen molar-refractivity contribution < 1.29 is 18.3 Å². The molecule has 0 unspecified atom stereocenters. The molecule has 0 radical (unpaired) electrons. The Kier molecular flexibility index (Phi) is 10.1. The number of amides is 1. The van der Waals surface area contributed by atoms with Crippen LogP contribution in [0, 0.1) is 11.7 Å². The number of benzene rings is 1. The number of pyridine rings is 1. The van der Waals surface area contributed by atoms with Gasteiger partial charge >= 0.3 is 6.09 Å². The number of halogens is 1. The molecule has 3 aromatic rings. The fourth-order valence-electron chi connectivity index (χ4n) is 5.65. The predicted molar refractivity (Wildman–Crippen MR) is 177 cm³/mol. The number of hydrogen-bond donors (Lipinski definition) is 1. The van der Waals surface area contributed by atoms with Gasteiger partial charge in [0.2, 0.25) is 5.95 Å². The first-order valence-corrected chi connectivity index (χ1v) is 19.0. The van der Waals surface area contributed by atoms with E-state index in [1.807, 2.05) is 0 Å². The van der Waals surface area contributed by atoms with Crippen molar-refractivity contribution in [3.8, 4) is 16.9 Å². The summed E-state index contributed by atoms with van der Waals surface area (Å²) in [4.78, 5) is 35.6. The summed E-state index contributed by atoms with van der Waals surface area (Å²) < 4.78 is 28.7. The second-order valence-electron chi connectivity index (χ2n) is 13.9. The van der Waals surface area contributed by atoms with Gasteiger partial charge in [0.05, 0.1) is 6.20 Å². The molecular weight excluding hydrogens is 589 g/mol. The number of aromatic nitrogens is 3. The Morgan fingerprint density at radius 1 is 1.04 bits per heavy atom. The van der Waals surface area contributed by atoms with Gasteiger partial charge < -0.3 is 19.4 Å². The molecule has 1 amide bonds. The molecule has 1 saturated heterocycles. The van der Waals surface area contributed by atoms with E-state index in [4.69, 9.17) is 9.16 Å². The Morgan fingerprint density at radius 3 is 2.47 bits per heavy atom. The summed E-state index contributed by atoms with van der Waals surface area (Å²) in [7, 11) is -1.75. The molecule has 1 aromatic carbocycles. The summed E-state index contributed by atoms with van der Waals surface area (Å²) in [5.41, 5.74) is 1.14. The second-order valence-corrected chi connectivity index (χ2v) is 18.7. The van der Waals surface area contributed by atoms with E-state index in [9.17, 15) is 14.0 Å². The van der Waals surface area contributed by atoms with Crippen LogP contribution in [0.4, 0.5) is 15.1 Å². The average Bonchev–Trinajstić information content (AvgIpc) is 3.02. The largest absolute Gasteiger partial charge is 0.446 e. The maximum absolute atomic E-state index is 14.8. The third kappa shape index (κ3) is 8.18. The van der Waals surface area contributed by atoms with Crippen LogP contribution in [0.3, 0.4) is 0 Å². The second kappa shape index (κ2) is 13.8. The van der Waals surface area contributed by atoms with Gasteiger partial charge in [0.1, 0.15) is 11.8 Å². The molecule has 2 fully saturated rings. The van der Waals surface area contributed by atoms with Crippen LogP contribution in [0.5, 0.6) is 0 Å². The number of nitrogens with zero attached hydrogens (tertiary/aromatic N) is 4. The van der Waals surface area contributed by atoms with E-state index >= 15 is 0 Å². The van der Waals surface area contributed by atoms with Crippen LogP contribution in [-0.2, 0) is 9.16 Å². The lowest BCUT2D eigenvalue weighted by Gasteiger charge is -2.38. The number of nitrogens with one attached hydrogen (secondary N) is 1. The topological polar surface area (TPSA) is 98.6 Å². The van der Waals surface area contributed by atoms with Gasteiger partial charge in [-0.3, -0.25) is 9.36 Å². The molecule has 45 heavy (non-hydrogen) atoms. The van der Waals surface area contributed by atoms with Gasteiger partial charge in [0.15, 0.2) is 14.1 Å². The molecule has 1 aliphatic carbocycles. The number of carbonyl (C=O) groups is 1. The number of hydrogen-bond acceptors (Lipinski definition) is 7. The third-order valence-electron chi connectivity index (χ3n) is 9.60. The quantitative estimate of drug-likeness (QED) is 0.266. The Labute approximate surface area is 266 Å². The summed E-state index contributed by atoms with van der Waals surface area (Å²) in [5, 5.41) is 3.52. The van der Waals surface area contributed by atoms with Crippen LogP contribution in [0.25, 0.3) is 16.9 Å². The Bertz CT molecular complexity index is 1530. The molecule has 0 bridgehead atoms. The molecule has 242 valence electrons. The molecule has 1 aliphatic heterocycles. The fourth-order valence-corrected chi connectivity index (χ4v) is 6.73. The first-order valence-electron chi connectivity index (χ1n) is 16.1. The zero-order valence-corrected chi connectivity index (χ0v) is 28.1. The van der Waals surface area contributed by atoms with E-state index in [1.165, 1.54) is 10.6 Å². The molecule has 1 N–H and O–H groups in total. The van der Waals surface area contributed by atoms with Crippen molar-refractivity contribution in [1.82, 2.24) is 19.4 Å². The highest BCUT2D eigenvalue weighted by Crippen LogP contribution is 2.38. The molecule has 0 atom stereocenters. The molecule has 0 spiro atoms. The maximum Gasteiger partial charge on any atom is 0.410 e. The molecular formula is C34H46FN5O4Si. The van der Waals surface area contributed by atoms with Crippen LogP contribution in [0.15, 0.2) is 59.7 Å². The summed E-state index contributed by atoms with van der Waals surface area (Å²) in [6.45, 7) is 13.3. The average molecular weight is 636 g/mol. The van der Waals surface area contributed by atoms with E-state index in [-0.39, 0.29) is 34.5 Å². The van der Waals surface area contributed by atoms with E-state index in [0.717, 1.165) is 38.5 Å². The molecule has 1 saturated carbocycles. The number of piperidine rings is 1. The lowest BCUT2D eigenvalue weighted by atomic mass is 9.88. The number of rotatable bonds is 8. The zero-order valence-electron chi connectivity index (χ0n) is 27.1. The lowest BCUT2D eigenvalue weighted by molar-refractivity contribution is 0.0286. The first kappa shape index (κ1) is 32.8. The van der Waals surface area contributed by atoms with Gasteiger partial charge in [0, 0.05) is 49.3 Å². The monoisotopic (exact) mass is 635 g/mol. The van der Waals surface area contributed by atoms with Crippen molar-refractivity contribution in [3.05, 3.63) is 71.0 Å². The molecule has 5 rings (SSSR count). The Hall–Kier alpha value is -3.57. The van der Waals surface area contributed by atoms with Crippen LogP contribution in [-0.4, -0.2) is 65.7 Å². The lowest BCUT2D eigenvalue weighted by Crippen LogP contribution is -2.44. The van der Waals surface area contributed by atoms with E-state index < -0.39 is 14.1 Å². The zero-order chi connectivity index (χ0) is 32.2. The van der Waals surface area contributed by atoms with Gasteiger partial charge in [-0.05, 0) is 80.8 Å². The standard InChI is InChI=1S/C34H46FN5O4Si/c1-34(2,3)45(4,5)43-23-24-12-14-28(15-13-24)44-33(42)39-19-16-26(17-20-39)37-32-36-22-29(35)31(38-32)25-9-8-10-27(21-25)40-18-7-6-11-30(40)41/h6-11,18,21-22,24,26,28H,12-17,19-20,23H2,1-5H3,(H,36,37,38). The number of anilines is 1. The van der Waals surface area contributed by atoms with E-state index in [0.29, 0.717) is 49.0 Å². The minimum Gasteiger partial charge on any atom is -0.446 e. The summed E-state index contributed by atoms with van der Waals surface area (Å²) in [6.07, 6.45) is 7.76. The maximum atomic E-state index is 14.8. The van der Waals surface area contributed by atoms with Crippen LogP contribution in [0.2, 0.25) is 18.1 Å². The Morgan fingerprint density at radius 2 is 1.78 bits per heavy atom. The van der Waals surface area contributed by atoms with Gasteiger partial charge in [-0.2, -0.15) is 0 Å². The normalized spacial score (nSPS) is 19.7. The van der Waals surface area contributed by atoms with E-state index in [2.05, 4.69) is 49.1 Å². The fraction of sp³-hybridized carbons (Fsp3) is 0.529. The minimum absolute atomic E-state index is 0.0393. The number of ether oxygens (including phenoxy) is 1. The first-order chi connectivity index (χ1) is 21.4. The SMILES string of the molecule is CC(C)(C)[Si](C)(C)OCC1CCC(OC(=O)N2CCC(Nc3ncc(F)c(-c4cccc(-n5ccccc5=O)c4)n3)CC2)CC1. The highest BCUT2D eigenvalue weighted by atomic mass is 28.4. The van der Waals surface area contributed by atoms with Crippen LogP contribution in [0.1, 0.15) is 59.3 Å². The van der Waals surface area contributed by atoms with E-state index in [1.54, 1.807) is 47.5 Å². The number of likely N-dealkylation sites (tertiary alicyclic amines) is 1. The van der Waals surface area contributed by atoms with Crippen molar-refractivity contribution in [2.75, 3.05) is 25.0 Å². The molecule has 11 heteroatoms. The van der Waals surface area contributed by atoms with Crippen LogP contribution >= 0.6 is 0 Å². The van der Waals surface area contributed by atoms with Crippen molar-refractivity contribution in [1.29, 1.82) is 0 Å². The summed E-state index contributed by atoms with van der Waals surface area (Å²) in [6, 6.07) is 12.0. The third-order valence-corrected chi connectivity index (χ3v) is 14.1. The molecule has 2 aromatic heterocycles. The molecule has 9 nitrogen and oxygen atoms in total. The highest BCUT2D eigenvalue weighted by Gasteiger charge is 2.38. The molecule has 2 aliphatic rings. The van der Waals surface area contributed by atoms with Gasteiger partial charge in [-0.25, -0.2) is 19.2 Å². The summed E-state index contributed by atoms with van der Waals surface area (Å²) >= 11 is 0. The number of carbonyl (C=O) groups excluding carboxylic acids is 1. The highest BCUT2D eigenvalue weighted by molar-refractivity contribution is 6.74. The van der Waals surface area contributed by atoms with Gasteiger partial charge in [0.25, 0.3) is 5.56 Å². The Balaban J connectivity index is 1.10. The minimum atomic E-state index is -1.75. The van der Waals surface area contributed by atoms with Crippen molar-refractivity contribution >= 4 is 20.4 Å². The van der Waals surface area contributed by atoms with Crippen molar-refractivity contribution in [3.63, 3.8) is 0 Å². The summed E-state index contributed by atoms with van der Waals surface area (Å²) in [5.74, 6) is 0.305. The predicted octanol–water partition coefficient (Wildman–Crippen LogP) is 7.03. The molecule has 3 heterocycles.